The number of nitro groups is 1. The van der Waals surface area contributed by atoms with E-state index in [4.69, 9.17) is 5.73 Å². The first kappa shape index (κ1) is 21.4. The monoisotopic (exact) mass is 445 g/mol. The SMILES string of the molecule is Cc1[nH]nc(C(N)=O)c1NC(=O)Cc1cn(-c2ccccc2)nc1-c1ccc([N+](=O)[O-])cc1. The van der Waals surface area contributed by atoms with Crippen LogP contribution >= 0.6 is 0 Å². The summed E-state index contributed by atoms with van der Waals surface area (Å²) in [5.74, 6) is -1.17. The summed E-state index contributed by atoms with van der Waals surface area (Å²) in [5, 5.41) is 24.7. The average molecular weight is 445 g/mol. The predicted octanol–water partition coefficient (Wildman–Crippen LogP) is 2.76. The van der Waals surface area contributed by atoms with Crippen LogP contribution in [0, 0.1) is 17.0 Å². The number of para-hydroxylation sites is 1. The van der Waals surface area contributed by atoms with Crippen LogP contribution in [0.4, 0.5) is 11.4 Å². The molecular weight excluding hydrogens is 426 g/mol. The molecule has 0 spiro atoms. The topological polar surface area (TPSA) is 162 Å². The number of non-ortho nitro benzene ring substituents is 1. The molecule has 2 aromatic carbocycles. The van der Waals surface area contributed by atoms with E-state index in [1.165, 1.54) is 12.1 Å². The van der Waals surface area contributed by atoms with Gasteiger partial charge in [-0.3, -0.25) is 24.8 Å². The van der Waals surface area contributed by atoms with Crippen LogP contribution in [-0.4, -0.2) is 36.7 Å². The van der Waals surface area contributed by atoms with E-state index in [0.717, 1.165) is 5.69 Å². The Morgan fingerprint density at radius 3 is 2.48 bits per heavy atom. The van der Waals surface area contributed by atoms with Crippen molar-refractivity contribution in [1.29, 1.82) is 0 Å². The van der Waals surface area contributed by atoms with Crippen molar-refractivity contribution in [2.24, 2.45) is 5.73 Å². The number of aromatic amines is 1. The van der Waals surface area contributed by atoms with Crippen LogP contribution in [0.25, 0.3) is 16.9 Å². The van der Waals surface area contributed by atoms with Crippen molar-refractivity contribution in [2.45, 2.75) is 13.3 Å². The molecule has 0 saturated heterocycles. The molecule has 0 atom stereocenters. The van der Waals surface area contributed by atoms with E-state index in [-0.39, 0.29) is 23.5 Å². The maximum Gasteiger partial charge on any atom is 0.271 e. The van der Waals surface area contributed by atoms with E-state index < -0.39 is 16.7 Å². The molecule has 0 aliphatic heterocycles. The number of carbonyl (C=O) groups excluding carboxylic acids is 2. The number of benzene rings is 2. The number of primary amides is 1. The normalized spacial score (nSPS) is 10.7. The summed E-state index contributed by atoms with van der Waals surface area (Å²) in [6, 6.07) is 15.3. The smallest absolute Gasteiger partial charge is 0.271 e. The zero-order chi connectivity index (χ0) is 23.5. The summed E-state index contributed by atoms with van der Waals surface area (Å²) < 4.78 is 1.64. The van der Waals surface area contributed by atoms with Crippen LogP contribution in [0.5, 0.6) is 0 Å². The van der Waals surface area contributed by atoms with Crippen molar-refractivity contribution < 1.29 is 14.5 Å². The lowest BCUT2D eigenvalue weighted by Gasteiger charge is -2.06. The van der Waals surface area contributed by atoms with Crippen LogP contribution in [0.3, 0.4) is 0 Å². The highest BCUT2D eigenvalue weighted by molar-refractivity contribution is 6.02. The minimum Gasteiger partial charge on any atom is -0.364 e. The number of rotatable bonds is 7. The van der Waals surface area contributed by atoms with Gasteiger partial charge in [0.25, 0.3) is 11.6 Å². The number of aryl methyl sites for hydroxylation is 1. The third-order valence-electron chi connectivity index (χ3n) is 4.96. The number of nitrogens with one attached hydrogen (secondary N) is 2. The van der Waals surface area contributed by atoms with E-state index in [0.29, 0.717) is 22.5 Å². The first-order valence-corrected chi connectivity index (χ1v) is 9.87. The molecule has 0 aliphatic rings. The number of nitrogens with zero attached hydrogens (tertiary/aromatic N) is 4. The standard InChI is InChI=1S/C22H19N7O4/c1-13-19(21(22(23)31)26-25-13)24-18(30)11-15-12-28(16-5-3-2-4-6-16)27-20(15)14-7-9-17(10-8-14)29(32)33/h2-10,12H,11H2,1H3,(H2,23,31)(H,24,30)(H,25,26). The molecule has 0 saturated carbocycles. The molecule has 0 aliphatic carbocycles. The molecule has 11 heteroatoms. The average Bonchev–Trinajstić information content (AvgIpc) is 3.38. The van der Waals surface area contributed by atoms with Gasteiger partial charge in [-0.1, -0.05) is 18.2 Å². The predicted molar refractivity (Wildman–Crippen MR) is 120 cm³/mol. The molecule has 4 rings (SSSR count). The van der Waals surface area contributed by atoms with E-state index in [1.54, 1.807) is 29.9 Å². The van der Waals surface area contributed by atoms with Gasteiger partial charge >= 0.3 is 0 Å². The van der Waals surface area contributed by atoms with Crippen molar-refractivity contribution in [3.8, 4) is 16.9 Å². The lowest BCUT2D eigenvalue weighted by atomic mass is 10.1. The zero-order valence-corrected chi connectivity index (χ0v) is 17.5. The van der Waals surface area contributed by atoms with Gasteiger partial charge in [0.2, 0.25) is 5.91 Å². The van der Waals surface area contributed by atoms with Gasteiger partial charge in [-0.25, -0.2) is 4.68 Å². The van der Waals surface area contributed by atoms with Gasteiger partial charge in [-0.15, -0.1) is 0 Å². The minimum absolute atomic E-state index is 0.0463. The summed E-state index contributed by atoms with van der Waals surface area (Å²) in [7, 11) is 0. The molecule has 0 radical (unpaired) electrons. The molecule has 0 unspecified atom stereocenters. The molecule has 166 valence electrons. The molecule has 2 amide bonds. The van der Waals surface area contributed by atoms with Crippen molar-refractivity contribution in [2.75, 3.05) is 5.32 Å². The number of nitrogens with two attached hydrogens (primary N) is 1. The molecule has 4 aromatic rings. The Morgan fingerprint density at radius 1 is 1.15 bits per heavy atom. The number of H-pyrrole nitrogens is 1. The van der Waals surface area contributed by atoms with Gasteiger partial charge in [-0.05, 0) is 31.2 Å². The Balaban J connectivity index is 1.68. The summed E-state index contributed by atoms with van der Waals surface area (Å²) >= 11 is 0. The zero-order valence-electron chi connectivity index (χ0n) is 17.5. The fourth-order valence-electron chi connectivity index (χ4n) is 3.35. The maximum absolute atomic E-state index is 12.8. The number of hydrogen-bond acceptors (Lipinski definition) is 6. The first-order valence-electron chi connectivity index (χ1n) is 9.87. The fraction of sp³-hybridized carbons (Fsp3) is 0.0909. The molecule has 2 aromatic heterocycles. The number of anilines is 1. The Bertz CT molecular complexity index is 1340. The van der Waals surface area contributed by atoms with Crippen molar-refractivity contribution in [3.63, 3.8) is 0 Å². The Hall–Kier alpha value is -4.80. The highest BCUT2D eigenvalue weighted by Gasteiger charge is 2.20. The van der Waals surface area contributed by atoms with Crippen molar-refractivity contribution in [3.05, 3.63) is 87.9 Å². The Morgan fingerprint density at radius 2 is 1.85 bits per heavy atom. The van der Waals surface area contributed by atoms with Crippen LogP contribution in [-0.2, 0) is 11.2 Å². The largest absolute Gasteiger partial charge is 0.364 e. The lowest BCUT2D eigenvalue weighted by molar-refractivity contribution is -0.384. The third-order valence-corrected chi connectivity index (χ3v) is 4.96. The van der Waals surface area contributed by atoms with Crippen LogP contribution in [0.1, 0.15) is 21.7 Å². The van der Waals surface area contributed by atoms with E-state index in [9.17, 15) is 19.7 Å². The number of nitro benzene ring substituents is 1. The molecule has 0 fully saturated rings. The van der Waals surface area contributed by atoms with Crippen molar-refractivity contribution in [1.82, 2.24) is 20.0 Å². The fourth-order valence-corrected chi connectivity index (χ4v) is 3.35. The highest BCUT2D eigenvalue weighted by Crippen LogP contribution is 2.27. The van der Waals surface area contributed by atoms with Gasteiger partial charge in [-0.2, -0.15) is 10.2 Å². The summed E-state index contributed by atoms with van der Waals surface area (Å²) in [6.07, 6.45) is 1.66. The maximum atomic E-state index is 12.8. The van der Waals surface area contributed by atoms with Crippen molar-refractivity contribution >= 4 is 23.2 Å². The molecule has 0 bridgehead atoms. The first-order chi connectivity index (χ1) is 15.8. The molecule has 4 N–H and O–H groups in total. The number of hydrogen-bond donors (Lipinski definition) is 3. The minimum atomic E-state index is -0.766. The second-order valence-corrected chi connectivity index (χ2v) is 7.25. The van der Waals surface area contributed by atoms with Gasteiger partial charge in [0, 0.05) is 29.5 Å². The lowest BCUT2D eigenvalue weighted by Crippen LogP contribution is -2.19. The van der Waals surface area contributed by atoms with E-state index >= 15 is 0 Å². The Labute approximate surface area is 187 Å². The highest BCUT2D eigenvalue weighted by atomic mass is 16.6. The van der Waals surface area contributed by atoms with Gasteiger partial charge in [0.05, 0.1) is 34.1 Å². The number of amides is 2. The van der Waals surface area contributed by atoms with Crippen LogP contribution in [0.15, 0.2) is 60.8 Å². The number of aromatic nitrogens is 4. The molecule has 2 heterocycles. The van der Waals surface area contributed by atoms with E-state index in [1.807, 2.05) is 30.3 Å². The number of carbonyl (C=O) groups is 2. The van der Waals surface area contributed by atoms with Gasteiger partial charge in [0.15, 0.2) is 5.69 Å². The molecule has 33 heavy (non-hydrogen) atoms. The second kappa shape index (κ2) is 8.75. The molecule has 11 nitrogen and oxygen atoms in total. The van der Waals surface area contributed by atoms with Crippen LogP contribution < -0.4 is 11.1 Å². The quantitative estimate of drug-likeness (QED) is 0.293. The molecular formula is C22H19N7O4. The van der Waals surface area contributed by atoms with Crippen LogP contribution in [0.2, 0.25) is 0 Å². The van der Waals surface area contributed by atoms with Gasteiger partial charge in [0.1, 0.15) is 0 Å². The van der Waals surface area contributed by atoms with E-state index in [2.05, 4.69) is 20.6 Å². The summed E-state index contributed by atoms with van der Waals surface area (Å²) in [6.45, 7) is 1.66. The third kappa shape index (κ3) is 4.46. The van der Waals surface area contributed by atoms with Gasteiger partial charge < -0.3 is 11.1 Å². The Kier molecular flexibility index (Phi) is 5.68. The second-order valence-electron chi connectivity index (χ2n) is 7.25. The summed E-state index contributed by atoms with van der Waals surface area (Å²) in [5.41, 5.74) is 8.43. The summed E-state index contributed by atoms with van der Waals surface area (Å²) in [4.78, 5) is 34.9.